The van der Waals surface area contributed by atoms with Crippen LogP contribution in [0.2, 0.25) is 0 Å². The topological polar surface area (TPSA) is 60.2 Å². The highest BCUT2D eigenvalue weighted by Gasteiger charge is 2.02. The molecule has 0 spiro atoms. The highest BCUT2D eigenvalue weighted by Crippen LogP contribution is 2.09. The van der Waals surface area contributed by atoms with Crippen molar-refractivity contribution >= 4 is 23.0 Å². The summed E-state index contributed by atoms with van der Waals surface area (Å²) in [7, 11) is 0. The second-order valence-electron chi connectivity index (χ2n) is 4.09. The van der Waals surface area contributed by atoms with Gasteiger partial charge in [0.05, 0.1) is 12.7 Å². The van der Waals surface area contributed by atoms with Gasteiger partial charge in [0.2, 0.25) is 0 Å². The van der Waals surface area contributed by atoms with E-state index < -0.39 is 0 Å². The Morgan fingerprint density at radius 1 is 1.53 bits per heavy atom. The van der Waals surface area contributed by atoms with Crippen molar-refractivity contribution in [3.63, 3.8) is 0 Å². The van der Waals surface area contributed by atoms with Gasteiger partial charge in [-0.3, -0.25) is 0 Å². The zero-order chi connectivity index (χ0) is 12.8. The second-order valence-corrected chi connectivity index (χ2v) is 4.53. The molecular formula is C12H19N3OS. The fourth-order valence-corrected chi connectivity index (χ4v) is 1.49. The lowest BCUT2D eigenvalue weighted by Crippen LogP contribution is -2.15. The average Bonchev–Trinajstić information content (AvgIpc) is 2.23. The van der Waals surface area contributed by atoms with Gasteiger partial charge in [-0.25, -0.2) is 4.98 Å². The summed E-state index contributed by atoms with van der Waals surface area (Å²) in [6, 6.07) is 3.73. The third-order valence-corrected chi connectivity index (χ3v) is 2.33. The number of nitrogens with two attached hydrogens (primary N) is 1. The number of nitrogens with zero attached hydrogens (tertiary/aromatic N) is 1. The highest BCUT2D eigenvalue weighted by atomic mass is 32.1. The monoisotopic (exact) mass is 253 g/mol. The summed E-state index contributed by atoms with van der Waals surface area (Å²) in [6.07, 6.45) is 0.245. The van der Waals surface area contributed by atoms with Gasteiger partial charge >= 0.3 is 0 Å². The van der Waals surface area contributed by atoms with Crippen molar-refractivity contribution < 1.29 is 4.74 Å². The molecule has 3 N–H and O–H groups in total. The minimum atomic E-state index is 0.245. The molecule has 1 aromatic rings. The highest BCUT2D eigenvalue weighted by molar-refractivity contribution is 7.80. The molecule has 1 aromatic heterocycles. The van der Waals surface area contributed by atoms with Gasteiger partial charge in [-0.15, -0.1) is 0 Å². The SMILES string of the molecule is Cc1cc(C(N)=S)cc(NCCOC(C)C)n1. The Labute approximate surface area is 108 Å². The third kappa shape index (κ3) is 5.10. The molecule has 0 radical (unpaired) electrons. The fraction of sp³-hybridized carbons (Fsp3) is 0.500. The molecule has 1 rings (SSSR count). The maximum Gasteiger partial charge on any atom is 0.126 e. The van der Waals surface area contributed by atoms with Crippen molar-refractivity contribution in [3.05, 3.63) is 23.4 Å². The molecule has 0 aliphatic heterocycles. The minimum absolute atomic E-state index is 0.245. The molecule has 0 aliphatic rings. The van der Waals surface area contributed by atoms with E-state index in [1.54, 1.807) is 0 Å². The van der Waals surface area contributed by atoms with Gasteiger partial charge in [0, 0.05) is 17.8 Å². The molecule has 0 amide bonds. The number of pyridine rings is 1. The Hall–Kier alpha value is -1.20. The molecule has 94 valence electrons. The zero-order valence-corrected chi connectivity index (χ0v) is 11.3. The molecule has 17 heavy (non-hydrogen) atoms. The first-order valence-electron chi connectivity index (χ1n) is 5.63. The van der Waals surface area contributed by atoms with E-state index in [-0.39, 0.29) is 6.10 Å². The Morgan fingerprint density at radius 2 is 2.24 bits per heavy atom. The van der Waals surface area contributed by atoms with Crippen molar-refractivity contribution in [3.8, 4) is 0 Å². The number of hydrogen-bond donors (Lipinski definition) is 2. The van der Waals surface area contributed by atoms with Crippen molar-refractivity contribution in [2.75, 3.05) is 18.5 Å². The maximum absolute atomic E-state index is 5.60. The van der Waals surface area contributed by atoms with E-state index in [9.17, 15) is 0 Å². The number of ether oxygens (including phenoxy) is 1. The molecule has 0 atom stereocenters. The van der Waals surface area contributed by atoms with Crippen LogP contribution in [0.5, 0.6) is 0 Å². The number of nitrogens with one attached hydrogen (secondary N) is 1. The van der Waals surface area contributed by atoms with Crippen molar-refractivity contribution in [2.45, 2.75) is 26.9 Å². The first-order chi connectivity index (χ1) is 7.99. The van der Waals surface area contributed by atoms with E-state index >= 15 is 0 Å². The van der Waals surface area contributed by atoms with Gasteiger partial charge in [0.25, 0.3) is 0 Å². The predicted molar refractivity (Wildman–Crippen MR) is 74.4 cm³/mol. The second kappa shape index (κ2) is 6.51. The van der Waals surface area contributed by atoms with Crippen molar-refractivity contribution in [2.24, 2.45) is 5.73 Å². The van der Waals surface area contributed by atoms with E-state index in [1.807, 2.05) is 32.9 Å². The van der Waals surface area contributed by atoms with Gasteiger partial charge in [-0.2, -0.15) is 0 Å². The molecule has 0 saturated carbocycles. The Balaban J connectivity index is 2.56. The van der Waals surface area contributed by atoms with E-state index in [2.05, 4.69) is 10.3 Å². The van der Waals surface area contributed by atoms with Crippen LogP contribution < -0.4 is 11.1 Å². The predicted octanol–water partition coefficient (Wildman–Crippen LogP) is 1.86. The van der Waals surface area contributed by atoms with Gasteiger partial charge in [-0.1, -0.05) is 12.2 Å². The fourth-order valence-electron chi connectivity index (χ4n) is 1.38. The van der Waals surface area contributed by atoms with Crippen LogP contribution in [0, 0.1) is 6.92 Å². The van der Waals surface area contributed by atoms with Crippen LogP contribution in [0.4, 0.5) is 5.82 Å². The first-order valence-corrected chi connectivity index (χ1v) is 6.04. The number of anilines is 1. The van der Waals surface area contributed by atoms with Crippen LogP contribution in [0.3, 0.4) is 0 Å². The standard InChI is InChI=1S/C12H19N3OS/c1-8(2)16-5-4-14-11-7-10(12(13)17)6-9(3)15-11/h6-8H,4-5H2,1-3H3,(H2,13,17)(H,14,15). The van der Waals surface area contributed by atoms with Crippen LogP contribution in [0.25, 0.3) is 0 Å². The number of hydrogen-bond acceptors (Lipinski definition) is 4. The quantitative estimate of drug-likeness (QED) is 0.598. The molecule has 0 fully saturated rings. The van der Waals surface area contributed by atoms with Crippen LogP contribution in [-0.4, -0.2) is 29.2 Å². The normalized spacial score (nSPS) is 10.6. The van der Waals surface area contributed by atoms with Crippen molar-refractivity contribution in [1.82, 2.24) is 4.98 Å². The van der Waals surface area contributed by atoms with E-state index in [0.717, 1.165) is 17.1 Å². The number of aromatic nitrogens is 1. The lowest BCUT2D eigenvalue weighted by molar-refractivity contribution is 0.0870. The van der Waals surface area contributed by atoms with Crippen LogP contribution in [-0.2, 0) is 4.74 Å². The van der Waals surface area contributed by atoms with E-state index in [4.69, 9.17) is 22.7 Å². The van der Waals surface area contributed by atoms with E-state index in [1.165, 1.54) is 0 Å². The van der Waals surface area contributed by atoms with Crippen LogP contribution >= 0.6 is 12.2 Å². The summed E-state index contributed by atoms with van der Waals surface area (Å²) in [5.41, 5.74) is 7.32. The number of thiocarbonyl (C=S) groups is 1. The van der Waals surface area contributed by atoms with Gasteiger partial charge in [0.15, 0.2) is 0 Å². The summed E-state index contributed by atoms with van der Waals surface area (Å²) < 4.78 is 5.43. The van der Waals surface area contributed by atoms with Gasteiger partial charge in [0.1, 0.15) is 10.8 Å². The van der Waals surface area contributed by atoms with Crippen molar-refractivity contribution in [1.29, 1.82) is 0 Å². The number of rotatable bonds is 6. The molecule has 1 heterocycles. The molecule has 0 bridgehead atoms. The van der Waals surface area contributed by atoms with Gasteiger partial charge < -0.3 is 15.8 Å². The molecule has 0 unspecified atom stereocenters. The Bertz CT molecular complexity index is 393. The molecule has 4 nitrogen and oxygen atoms in total. The Kier molecular flexibility index (Phi) is 5.31. The summed E-state index contributed by atoms with van der Waals surface area (Å²) in [6.45, 7) is 7.30. The molecule has 5 heteroatoms. The Morgan fingerprint density at radius 3 is 2.82 bits per heavy atom. The van der Waals surface area contributed by atoms with Crippen LogP contribution in [0.1, 0.15) is 25.1 Å². The summed E-state index contributed by atoms with van der Waals surface area (Å²) in [5.74, 6) is 0.778. The van der Waals surface area contributed by atoms with Crippen LogP contribution in [0.15, 0.2) is 12.1 Å². The van der Waals surface area contributed by atoms with E-state index in [0.29, 0.717) is 18.1 Å². The number of aryl methyl sites for hydroxylation is 1. The summed E-state index contributed by atoms with van der Waals surface area (Å²) in [5, 5.41) is 3.18. The first kappa shape index (κ1) is 13.9. The molecule has 0 aromatic carbocycles. The molecular weight excluding hydrogens is 234 g/mol. The lowest BCUT2D eigenvalue weighted by Gasteiger charge is -2.10. The maximum atomic E-state index is 5.60. The zero-order valence-electron chi connectivity index (χ0n) is 10.5. The smallest absolute Gasteiger partial charge is 0.126 e. The summed E-state index contributed by atoms with van der Waals surface area (Å²) in [4.78, 5) is 4.74. The summed E-state index contributed by atoms with van der Waals surface area (Å²) >= 11 is 4.95. The average molecular weight is 253 g/mol. The largest absolute Gasteiger partial charge is 0.389 e. The van der Waals surface area contributed by atoms with Gasteiger partial charge in [-0.05, 0) is 32.9 Å². The lowest BCUT2D eigenvalue weighted by atomic mass is 10.2. The molecule has 0 aliphatic carbocycles. The third-order valence-electron chi connectivity index (χ3n) is 2.10. The minimum Gasteiger partial charge on any atom is -0.389 e. The molecule has 0 saturated heterocycles.